The number of nitrogens with one attached hydrogen (secondary N) is 1. The first-order valence-electron chi connectivity index (χ1n) is 3.95. The molecule has 0 radical (unpaired) electrons. The van der Waals surface area contributed by atoms with Gasteiger partial charge in [0.1, 0.15) is 0 Å². The molecule has 5 nitrogen and oxygen atoms in total. The van der Waals surface area contributed by atoms with Crippen molar-refractivity contribution in [3.8, 4) is 0 Å². The molecule has 0 aliphatic rings. The summed E-state index contributed by atoms with van der Waals surface area (Å²) < 4.78 is 4.88. The summed E-state index contributed by atoms with van der Waals surface area (Å²) in [5.74, 6) is 4.77. The summed E-state index contributed by atoms with van der Waals surface area (Å²) in [6.45, 7) is 4.51. The first kappa shape index (κ1) is 11.4. The zero-order chi connectivity index (χ0) is 9.40. The van der Waals surface area contributed by atoms with E-state index in [4.69, 9.17) is 10.6 Å². The molecule has 12 heavy (non-hydrogen) atoms. The lowest BCUT2D eigenvalue weighted by Gasteiger charge is -2.18. The Morgan fingerprint density at radius 2 is 2.33 bits per heavy atom. The predicted octanol–water partition coefficient (Wildman–Crippen LogP) is -1.06. The number of ether oxygens (including phenoxy) is 1. The molecule has 72 valence electrons. The van der Waals surface area contributed by atoms with Crippen LogP contribution in [0.4, 0.5) is 0 Å². The Balaban J connectivity index is 3.59. The maximum absolute atomic E-state index is 10.8. The van der Waals surface area contributed by atoms with Crippen LogP contribution in [0.3, 0.4) is 0 Å². The molecule has 0 unspecified atom stereocenters. The first-order valence-corrected chi connectivity index (χ1v) is 3.95. The maximum atomic E-state index is 10.8. The Hall–Kier alpha value is -0.650. The number of carbonyl (C=O) groups excluding carboxylic acids is 1. The number of methoxy groups -OCH3 is 1. The van der Waals surface area contributed by atoms with Crippen molar-refractivity contribution in [3.05, 3.63) is 0 Å². The molecule has 0 aliphatic carbocycles. The van der Waals surface area contributed by atoms with E-state index in [0.717, 1.165) is 13.1 Å². The average Bonchev–Trinajstić information content (AvgIpc) is 2.11. The number of carbonyl (C=O) groups is 1. The van der Waals surface area contributed by atoms with Crippen molar-refractivity contribution in [3.63, 3.8) is 0 Å². The van der Waals surface area contributed by atoms with Crippen molar-refractivity contribution >= 4 is 5.91 Å². The minimum absolute atomic E-state index is 0.173. The van der Waals surface area contributed by atoms with E-state index in [1.807, 2.05) is 11.8 Å². The van der Waals surface area contributed by atoms with Gasteiger partial charge >= 0.3 is 0 Å². The van der Waals surface area contributed by atoms with Crippen LogP contribution in [-0.4, -0.2) is 44.2 Å². The Kier molecular flexibility index (Phi) is 6.64. The van der Waals surface area contributed by atoms with Gasteiger partial charge in [0, 0.05) is 13.7 Å². The smallest absolute Gasteiger partial charge is 0.248 e. The molecule has 0 spiro atoms. The van der Waals surface area contributed by atoms with Crippen molar-refractivity contribution in [2.24, 2.45) is 5.84 Å². The van der Waals surface area contributed by atoms with Gasteiger partial charge in [0.2, 0.25) is 5.91 Å². The third kappa shape index (κ3) is 5.06. The summed E-state index contributed by atoms with van der Waals surface area (Å²) in [6.07, 6.45) is 0. The molecule has 3 N–H and O–H groups in total. The van der Waals surface area contributed by atoms with Crippen LogP contribution in [-0.2, 0) is 9.53 Å². The van der Waals surface area contributed by atoms with Crippen molar-refractivity contribution in [2.45, 2.75) is 6.92 Å². The molecule has 1 amide bonds. The van der Waals surface area contributed by atoms with Crippen molar-refractivity contribution in [2.75, 3.05) is 33.4 Å². The predicted molar refractivity (Wildman–Crippen MR) is 46.3 cm³/mol. The van der Waals surface area contributed by atoms with E-state index in [9.17, 15) is 4.79 Å². The molecule has 0 saturated carbocycles. The summed E-state index contributed by atoms with van der Waals surface area (Å²) in [4.78, 5) is 12.8. The van der Waals surface area contributed by atoms with Crippen LogP contribution in [0.5, 0.6) is 0 Å². The zero-order valence-electron chi connectivity index (χ0n) is 7.67. The standard InChI is InChI=1S/C7H17N3O2/c1-3-10(4-5-12-2)6-7(11)9-8/h3-6,8H2,1-2H3,(H,9,11). The van der Waals surface area contributed by atoms with Gasteiger partial charge in [-0.2, -0.15) is 0 Å². The molecule has 0 rings (SSSR count). The number of hydrazine groups is 1. The lowest BCUT2D eigenvalue weighted by atomic mass is 10.4. The molecule has 5 heteroatoms. The van der Waals surface area contributed by atoms with Gasteiger partial charge in [0.15, 0.2) is 0 Å². The second kappa shape index (κ2) is 7.02. The van der Waals surface area contributed by atoms with E-state index in [0.29, 0.717) is 13.2 Å². The maximum Gasteiger partial charge on any atom is 0.248 e. The normalized spacial score (nSPS) is 10.3. The SMILES string of the molecule is CCN(CCOC)CC(=O)NN. The molecule has 0 heterocycles. The molecular formula is C7H17N3O2. The number of hydrogen-bond acceptors (Lipinski definition) is 4. The number of likely N-dealkylation sites (N-methyl/N-ethyl adjacent to an activating group) is 1. The van der Waals surface area contributed by atoms with Gasteiger partial charge in [-0.1, -0.05) is 6.92 Å². The highest BCUT2D eigenvalue weighted by Gasteiger charge is 2.06. The van der Waals surface area contributed by atoms with Gasteiger partial charge in [-0.05, 0) is 6.54 Å². The van der Waals surface area contributed by atoms with Gasteiger partial charge in [-0.25, -0.2) is 5.84 Å². The van der Waals surface area contributed by atoms with E-state index in [-0.39, 0.29) is 5.91 Å². The highest BCUT2D eigenvalue weighted by molar-refractivity contribution is 5.77. The number of hydrogen-bond donors (Lipinski definition) is 2. The monoisotopic (exact) mass is 175 g/mol. The number of amides is 1. The zero-order valence-corrected chi connectivity index (χ0v) is 7.67. The minimum Gasteiger partial charge on any atom is -0.383 e. The number of rotatable bonds is 6. The van der Waals surface area contributed by atoms with Crippen LogP contribution in [0.15, 0.2) is 0 Å². The van der Waals surface area contributed by atoms with Crippen LogP contribution < -0.4 is 11.3 Å². The Bertz CT molecular complexity index is 130. The molecule has 0 aromatic heterocycles. The third-order valence-electron chi connectivity index (χ3n) is 1.59. The largest absolute Gasteiger partial charge is 0.383 e. The Morgan fingerprint density at radius 1 is 1.67 bits per heavy atom. The fourth-order valence-corrected chi connectivity index (χ4v) is 0.818. The van der Waals surface area contributed by atoms with E-state index in [1.54, 1.807) is 7.11 Å². The molecule has 0 aliphatic heterocycles. The highest BCUT2D eigenvalue weighted by Crippen LogP contribution is 1.86. The molecule has 0 atom stereocenters. The van der Waals surface area contributed by atoms with Crippen LogP contribution in [0.1, 0.15) is 6.92 Å². The summed E-state index contributed by atoms with van der Waals surface area (Å²) in [5.41, 5.74) is 2.08. The van der Waals surface area contributed by atoms with Gasteiger partial charge in [0.25, 0.3) is 0 Å². The molecule has 0 bridgehead atoms. The van der Waals surface area contributed by atoms with Crippen LogP contribution in [0.2, 0.25) is 0 Å². The van der Waals surface area contributed by atoms with Crippen molar-refractivity contribution in [1.29, 1.82) is 0 Å². The second-order valence-electron chi connectivity index (χ2n) is 2.43. The number of nitrogens with zero attached hydrogens (tertiary/aromatic N) is 1. The van der Waals surface area contributed by atoms with Crippen molar-refractivity contribution < 1.29 is 9.53 Å². The van der Waals surface area contributed by atoms with Gasteiger partial charge in [0.05, 0.1) is 13.2 Å². The summed E-state index contributed by atoms with van der Waals surface area (Å²) >= 11 is 0. The molecule has 0 aromatic rings. The quantitative estimate of drug-likeness (QED) is 0.307. The molecule has 0 saturated heterocycles. The van der Waals surface area contributed by atoms with E-state index in [1.165, 1.54) is 0 Å². The lowest BCUT2D eigenvalue weighted by molar-refractivity contribution is -0.122. The lowest BCUT2D eigenvalue weighted by Crippen LogP contribution is -2.41. The summed E-state index contributed by atoms with van der Waals surface area (Å²) in [7, 11) is 1.64. The van der Waals surface area contributed by atoms with Crippen LogP contribution in [0.25, 0.3) is 0 Å². The summed E-state index contributed by atoms with van der Waals surface area (Å²) in [5, 5.41) is 0. The minimum atomic E-state index is -0.173. The van der Waals surface area contributed by atoms with Gasteiger partial charge in [-0.3, -0.25) is 15.1 Å². The first-order chi connectivity index (χ1) is 5.74. The van der Waals surface area contributed by atoms with E-state index < -0.39 is 0 Å². The van der Waals surface area contributed by atoms with Gasteiger partial charge in [-0.15, -0.1) is 0 Å². The van der Waals surface area contributed by atoms with E-state index >= 15 is 0 Å². The second-order valence-corrected chi connectivity index (χ2v) is 2.43. The van der Waals surface area contributed by atoms with Gasteiger partial charge < -0.3 is 4.74 Å². The Morgan fingerprint density at radius 3 is 2.75 bits per heavy atom. The topological polar surface area (TPSA) is 67.6 Å². The Labute approximate surface area is 72.8 Å². The molecular weight excluding hydrogens is 158 g/mol. The van der Waals surface area contributed by atoms with Crippen LogP contribution in [0, 0.1) is 0 Å². The molecule has 0 fully saturated rings. The average molecular weight is 175 g/mol. The molecule has 0 aromatic carbocycles. The fraction of sp³-hybridized carbons (Fsp3) is 0.857. The third-order valence-corrected chi connectivity index (χ3v) is 1.59. The fourth-order valence-electron chi connectivity index (χ4n) is 0.818. The van der Waals surface area contributed by atoms with Crippen LogP contribution >= 0.6 is 0 Å². The number of nitrogens with two attached hydrogens (primary N) is 1. The highest BCUT2D eigenvalue weighted by atomic mass is 16.5. The van der Waals surface area contributed by atoms with E-state index in [2.05, 4.69) is 5.43 Å². The summed E-state index contributed by atoms with van der Waals surface area (Å²) in [6, 6.07) is 0. The van der Waals surface area contributed by atoms with Crippen molar-refractivity contribution in [1.82, 2.24) is 10.3 Å².